The first-order valence-electron chi connectivity index (χ1n) is 7.89. The van der Waals surface area contributed by atoms with Gasteiger partial charge in [-0.05, 0) is 32.9 Å². The fourth-order valence-electron chi connectivity index (χ4n) is 2.07. The van der Waals surface area contributed by atoms with E-state index in [1.54, 1.807) is 20.8 Å². The van der Waals surface area contributed by atoms with E-state index in [-0.39, 0.29) is 23.4 Å². The monoisotopic (exact) mass is 382 g/mol. The van der Waals surface area contributed by atoms with Crippen LogP contribution in [0.2, 0.25) is 0 Å². The van der Waals surface area contributed by atoms with Gasteiger partial charge in [0.25, 0.3) is 5.69 Å². The molecule has 148 valence electrons. The number of benzene rings is 1. The van der Waals surface area contributed by atoms with E-state index in [4.69, 9.17) is 4.74 Å². The molecule has 0 aliphatic heterocycles. The molecular weight excluding hydrogens is 360 g/mol. The summed E-state index contributed by atoms with van der Waals surface area (Å²) in [5, 5.41) is 11.3. The number of amides is 1. The molecule has 0 atom stereocenters. The minimum absolute atomic E-state index is 0.0395. The van der Waals surface area contributed by atoms with Crippen molar-refractivity contribution >= 4 is 23.7 Å². The molecule has 0 fully saturated rings. The van der Waals surface area contributed by atoms with Gasteiger partial charge in [-0.25, -0.2) is 9.59 Å². The molecule has 10 heteroatoms. The number of ether oxygens (including phenoxy) is 3. The first kappa shape index (κ1) is 21.9. The van der Waals surface area contributed by atoms with Crippen molar-refractivity contribution in [3.8, 4) is 0 Å². The summed E-state index contributed by atoms with van der Waals surface area (Å²) in [5.74, 6) is -1.42. The van der Waals surface area contributed by atoms with Gasteiger partial charge in [0.2, 0.25) is 0 Å². The first-order chi connectivity index (χ1) is 12.5. The van der Waals surface area contributed by atoms with E-state index >= 15 is 0 Å². The Morgan fingerprint density at radius 1 is 1.15 bits per heavy atom. The molecule has 27 heavy (non-hydrogen) atoms. The van der Waals surface area contributed by atoms with Crippen molar-refractivity contribution in [2.75, 3.05) is 20.8 Å². The number of nitro benzene ring substituents is 1. The number of esters is 2. The number of nitrogens with zero attached hydrogens (tertiary/aromatic N) is 2. The SMILES string of the molecule is COC(=O)CN(Cc1cc(C(=O)OC)ccc1[N+](=O)[O-])C(=O)OC(C)(C)C. The molecule has 0 heterocycles. The Balaban J connectivity index is 3.28. The second-order valence-corrected chi connectivity index (χ2v) is 6.50. The van der Waals surface area contributed by atoms with Crippen molar-refractivity contribution in [1.29, 1.82) is 0 Å². The van der Waals surface area contributed by atoms with Crippen LogP contribution in [0.5, 0.6) is 0 Å². The summed E-state index contributed by atoms with van der Waals surface area (Å²) in [6, 6.07) is 3.61. The third kappa shape index (κ3) is 6.57. The van der Waals surface area contributed by atoms with Crippen molar-refractivity contribution in [2.24, 2.45) is 0 Å². The Morgan fingerprint density at radius 3 is 2.26 bits per heavy atom. The molecule has 0 saturated heterocycles. The molecule has 1 rings (SSSR count). The highest BCUT2D eigenvalue weighted by molar-refractivity contribution is 5.90. The molecule has 0 saturated carbocycles. The van der Waals surface area contributed by atoms with Crippen LogP contribution < -0.4 is 0 Å². The van der Waals surface area contributed by atoms with E-state index in [0.717, 1.165) is 18.1 Å². The average molecular weight is 382 g/mol. The molecule has 0 spiro atoms. The number of carbonyl (C=O) groups excluding carboxylic acids is 3. The molecule has 1 amide bonds. The molecule has 1 aromatic rings. The van der Waals surface area contributed by atoms with Crippen molar-refractivity contribution in [3.63, 3.8) is 0 Å². The zero-order valence-corrected chi connectivity index (χ0v) is 15.8. The molecule has 10 nitrogen and oxygen atoms in total. The fraction of sp³-hybridized carbons (Fsp3) is 0.471. The zero-order valence-electron chi connectivity index (χ0n) is 15.8. The standard InChI is InChI=1S/C17H22N2O8/c1-17(2,3)27-16(22)18(10-14(20)25-4)9-12-8-11(15(21)26-5)6-7-13(12)19(23)24/h6-8H,9-10H2,1-5H3. The van der Waals surface area contributed by atoms with Gasteiger partial charge in [0.1, 0.15) is 12.1 Å². The number of hydrogen-bond acceptors (Lipinski definition) is 8. The van der Waals surface area contributed by atoms with E-state index in [9.17, 15) is 24.5 Å². The maximum atomic E-state index is 12.4. The van der Waals surface area contributed by atoms with Crippen molar-refractivity contribution < 1.29 is 33.5 Å². The van der Waals surface area contributed by atoms with Gasteiger partial charge in [-0.2, -0.15) is 0 Å². The summed E-state index contributed by atoms with van der Waals surface area (Å²) >= 11 is 0. The Hall–Kier alpha value is -3.17. The molecule has 0 aromatic heterocycles. The molecule has 0 radical (unpaired) electrons. The number of hydrogen-bond donors (Lipinski definition) is 0. The van der Waals surface area contributed by atoms with Crippen LogP contribution in [0.25, 0.3) is 0 Å². The van der Waals surface area contributed by atoms with Crippen LogP contribution in [0.4, 0.5) is 10.5 Å². The molecule has 0 aliphatic rings. The lowest BCUT2D eigenvalue weighted by Crippen LogP contribution is -2.39. The maximum Gasteiger partial charge on any atom is 0.411 e. The molecular formula is C17H22N2O8. The lowest BCUT2D eigenvalue weighted by atomic mass is 10.1. The predicted octanol–water partition coefficient (Wildman–Crippen LogP) is 2.29. The van der Waals surface area contributed by atoms with E-state index < -0.39 is 35.1 Å². The normalized spacial score (nSPS) is 10.7. The smallest absolute Gasteiger partial charge is 0.411 e. The van der Waals surface area contributed by atoms with Crippen LogP contribution in [0.3, 0.4) is 0 Å². The summed E-state index contributed by atoms with van der Waals surface area (Å²) in [6.45, 7) is 4.10. The van der Waals surface area contributed by atoms with Gasteiger partial charge in [-0.15, -0.1) is 0 Å². The predicted molar refractivity (Wildman–Crippen MR) is 93.1 cm³/mol. The fourth-order valence-corrected chi connectivity index (χ4v) is 2.07. The van der Waals surface area contributed by atoms with Gasteiger partial charge in [-0.1, -0.05) is 0 Å². The van der Waals surface area contributed by atoms with Gasteiger partial charge < -0.3 is 14.2 Å². The molecule has 0 bridgehead atoms. The van der Waals surface area contributed by atoms with Gasteiger partial charge in [0, 0.05) is 6.07 Å². The average Bonchev–Trinajstić information content (AvgIpc) is 2.58. The Bertz CT molecular complexity index is 739. The Morgan fingerprint density at radius 2 is 1.78 bits per heavy atom. The number of carbonyl (C=O) groups is 3. The highest BCUT2D eigenvalue weighted by atomic mass is 16.6. The van der Waals surface area contributed by atoms with E-state index in [0.29, 0.717) is 0 Å². The van der Waals surface area contributed by atoms with E-state index in [1.807, 2.05) is 0 Å². The third-order valence-electron chi connectivity index (χ3n) is 3.26. The van der Waals surface area contributed by atoms with E-state index in [1.165, 1.54) is 19.2 Å². The first-order valence-corrected chi connectivity index (χ1v) is 7.89. The highest BCUT2D eigenvalue weighted by Crippen LogP contribution is 2.23. The number of nitro groups is 1. The highest BCUT2D eigenvalue weighted by Gasteiger charge is 2.27. The second-order valence-electron chi connectivity index (χ2n) is 6.50. The molecule has 1 aromatic carbocycles. The summed E-state index contributed by atoms with van der Waals surface area (Å²) in [4.78, 5) is 47.4. The number of rotatable bonds is 6. The van der Waals surface area contributed by atoms with Crippen molar-refractivity contribution in [3.05, 3.63) is 39.4 Å². The largest absolute Gasteiger partial charge is 0.468 e. The lowest BCUT2D eigenvalue weighted by Gasteiger charge is -2.26. The summed E-state index contributed by atoms with van der Waals surface area (Å²) in [7, 11) is 2.32. The third-order valence-corrected chi connectivity index (χ3v) is 3.26. The zero-order chi connectivity index (χ0) is 20.8. The summed E-state index contributed by atoms with van der Waals surface area (Å²) in [6.07, 6.45) is -0.856. The van der Waals surface area contributed by atoms with Crippen molar-refractivity contribution in [1.82, 2.24) is 4.90 Å². The second kappa shape index (κ2) is 8.97. The number of methoxy groups -OCH3 is 2. The topological polar surface area (TPSA) is 125 Å². The summed E-state index contributed by atoms with van der Waals surface area (Å²) in [5.41, 5.74) is -1.05. The summed E-state index contributed by atoms with van der Waals surface area (Å²) < 4.78 is 14.4. The van der Waals surface area contributed by atoms with Crippen LogP contribution in [0.15, 0.2) is 18.2 Å². The minimum Gasteiger partial charge on any atom is -0.468 e. The van der Waals surface area contributed by atoms with Crippen LogP contribution >= 0.6 is 0 Å². The maximum absolute atomic E-state index is 12.4. The van der Waals surface area contributed by atoms with E-state index in [2.05, 4.69) is 9.47 Å². The lowest BCUT2D eigenvalue weighted by molar-refractivity contribution is -0.385. The molecule has 0 N–H and O–H groups in total. The van der Waals surface area contributed by atoms with Crippen LogP contribution in [0, 0.1) is 10.1 Å². The molecule has 0 unspecified atom stereocenters. The van der Waals surface area contributed by atoms with Crippen LogP contribution in [0.1, 0.15) is 36.7 Å². The van der Waals surface area contributed by atoms with Gasteiger partial charge in [-0.3, -0.25) is 19.8 Å². The van der Waals surface area contributed by atoms with Gasteiger partial charge >= 0.3 is 18.0 Å². The van der Waals surface area contributed by atoms with Crippen molar-refractivity contribution in [2.45, 2.75) is 32.9 Å². The Labute approximate surface area is 156 Å². The quantitative estimate of drug-likeness (QED) is 0.317. The Kier molecular flexibility index (Phi) is 7.26. The van der Waals surface area contributed by atoms with Crippen LogP contribution in [-0.2, 0) is 25.5 Å². The van der Waals surface area contributed by atoms with Crippen LogP contribution in [-0.4, -0.2) is 54.2 Å². The van der Waals surface area contributed by atoms with Gasteiger partial charge in [0.15, 0.2) is 0 Å². The minimum atomic E-state index is -0.856. The van der Waals surface area contributed by atoms with Gasteiger partial charge in [0.05, 0.1) is 36.8 Å². The molecule has 0 aliphatic carbocycles.